The molecule has 6 atom stereocenters. The van der Waals surface area contributed by atoms with Crippen molar-refractivity contribution in [2.45, 2.75) is 90.0 Å². The highest BCUT2D eigenvalue weighted by atomic mass is 32.2. The number of thioether (sulfide) groups is 1. The third-order valence-electron chi connectivity index (χ3n) is 7.85. The molecule has 0 spiro atoms. The second kappa shape index (κ2) is 18.9. The van der Waals surface area contributed by atoms with E-state index in [0.717, 1.165) is 16.5 Å². The third kappa shape index (κ3) is 12.2. The van der Waals surface area contributed by atoms with E-state index in [9.17, 15) is 33.9 Å². The third-order valence-corrected chi connectivity index (χ3v) is 8.49. The number of nitrogens with one attached hydrogen (secondary N) is 5. The molecule has 0 bridgehead atoms. The second-order valence-electron chi connectivity index (χ2n) is 12.1. The molecule has 10 N–H and O–H groups in total. The van der Waals surface area contributed by atoms with Gasteiger partial charge in [-0.1, -0.05) is 52.3 Å². The maximum Gasteiger partial charge on any atom is 0.326 e. The molecule has 2 aromatic rings. The summed E-state index contributed by atoms with van der Waals surface area (Å²) < 4.78 is 0. The van der Waals surface area contributed by atoms with Gasteiger partial charge in [0.1, 0.15) is 24.2 Å². The molecule has 47 heavy (non-hydrogen) atoms. The van der Waals surface area contributed by atoms with Crippen LogP contribution < -0.4 is 32.7 Å². The van der Waals surface area contributed by atoms with Crippen molar-refractivity contribution in [1.82, 2.24) is 26.3 Å². The van der Waals surface area contributed by atoms with Gasteiger partial charge >= 0.3 is 5.97 Å². The Labute approximate surface area is 279 Å². The molecule has 0 unspecified atom stereocenters. The van der Waals surface area contributed by atoms with E-state index >= 15 is 0 Å². The highest BCUT2D eigenvalue weighted by Crippen LogP contribution is 2.20. The first kappa shape index (κ1) is 39.1. The molecule has 0 aliphatic heterocycles. The number of para-hydroxylation sites is 1. The molecule has 1 aromatic carbocycles. The Balaban J connectivity index is 2.34. The number of carbonyl (C=O) groups is 6. The summed E-state index contributed by atoms with van der Waals surface area (Å²) >= 11 is 1.46. The van der Waals surface area contributed by atoms with Gasteiger partial charge in [-0.3, -0.25) is 24.0 Å². The van der Waals surface area contributed by atoms with Crippen LogP contribution in [0.15, 0.2) is 30.5 Å². The Morgan fingerprint density at radius 2 is 1.51 bits per heavy atom. The van der Waals surface area contributed by atoms with Gasteiger partial charge in [-0.25, -0.2) is 4.79 Å². The number of aliphatic carboxylic acids is 1. The molecule has 1 aromatic heterocycles. The number of fused-ring (bicyclic) bond motifs is 1. The van der Waals surface area contributed by atoms with Gasteiger partial charge in [0.05, 0.1) is 12.5 Å². The lowest BCUT2D eigenvalue weighted by atomic mass is 9.96. The van der Waals surface area contributed by atoms with Crippen LogP contribution in [0.5, 0.6) is 0 Å². The fraction of sp³-hybridized carbons (Fsp3) is 0.562. The van der Waals surface area contributed by atoms with Crippen LogP contribution in [0.2, 0.25) is 0 Å². The first-order chi connectivity index (χ1) is 22.2. The van der Waals surface area contributed by atoms with Gasteiger partial charge in [0.25, 0.3) is 0 Å². The molecule has 1 heterocycles. The molecule has 5 amide bonds. The van der Waals surface area contributed by atoms with Gasteiger partial charge < -0.3 is 42.8 Å². The number of amides is 5. The predicted molar refractivity (Wildman–Crippen MR) is 181 cm³/mol. The van der Waals surface area contributed by atoms with Crippen LogP contribution in [0, 0.1) is 11.8 Å². The maximum atomic E-state index is 13.8. The minimum absolute atomic E-state index is 0.00340. The zero-order chi connectivity index (χ0) is 35.3. The molecule has 0 aliphatic rings. The van der Waals surface area contributed by atoms with Crippen molar-refractivity contribution < 1.29 is 33.9 Å². The number of carbonyl (C=O) groups excluding carboxylic acids is 5. The lowest BCUT2D eigenvalue weighted by Gasteiger charge is -2.29. The summed E-state index contributed by atoms with van der Waals surface area (Å²) in [6.45, 7) is 7.29. The van der Waals surface area contributed by atoms with E-state index in [2.05, 4.69) is 26.3 Å². The summed E-state index contributed by atoms with van der Waals surface area (Å²) in [7, 11) is 0. The predicted octanol–water partition coefficient (Wildman–Crippen LogP) is 0.782. The normalized spacial score (nSPS) is 15.1. The van der Waals surface area contributed by atoms with Gasteiger partial charge in [0.15, 0.2) is 0 Å². The van der Waals surface area contributed by atoms with Crippen molar-refractivity contribution in [1.29, 1.82) is 0 Å². The number of hydrogen-bond donors (Lipinski definition) is 8. The van der Waals surface area contributed by atoms with E-state index < -0.39 is 78.1 Å². The summed E-state index contributed by atoms with van der Waals surface area (Å²) in [5, 5.41) is 21.1. The smallest absolute Gasteiger partial charge is 0.326 e. The molecule has 0 aliphatic carbocycles. The number of H-pyrrole nitrogens is 1. The van der Waals surface area contributed by atoms with E-state index in [1.54, 1.807) is 13.1 Å². The molecule has 260 valence electrons. The molecule has 2 rings (SSSR count). The van der Waals surface area contributed by atoms with Crippen molar-refractivity contribution in [2.24, 2.45) is 23.3 Å². The monoisotopic (exact) mass is 675 g/mol. The van der Waals surface area contributed by atoms with Crippen LogP contribution >= 0.6 is 11.8 Å². The van der Waals surface area contributed by atoms with E-state index in [0.29, 0.717) is 12.2 Å². The molecule has 0 saturated carbocycles. The number of hydrogen-bond acceptors (Lipinski definition) is 8. The maximum absolute atomic E-state index is 13.8. The summed E-state index contributed by atoms with van der Waals surface area (Å²) in [4.78, 5) is 80.0. The number of primary amides is 1. The largest absolute Gasteiger partial charge is 0.480 e. The standard InChI is InChI=1S/C32H49N7O7S/c1-6-18(4)27(31(44)36-23(11-12-47-5)29(42)38-25(32(45)46)13-17(2)3)39-30(43)24(37-28(41)21(33)15-26(34)40)14-19-16-35-22-10-8-7-9-20(19)22/h7-10,16-18,21,23-25,27,35H,6,11-15,33H2,1-5H3,(H2,34,40)(H,36,44)(H,37,41)(H,38,42)(H,39,43)(H,45,46)/t18-,21-,23-,24-,25-,27-/m0/s1. The molecule has 0 saturated heterocycles. The summed E-state index contributed by atoms with van der Waals surface area (Å²) in [5.74, 6) is -4.55. The Hall–Kier alpha value is -4.11. The van der Waals surface area contributed by atoms with Crippen molar-refractivity contribution in [3.63, 3.8) is 0 Å². The number of aromatic nitrogens is 1. The van der Waals surface area contributed by atoms with Crippen LogP contribution in [0.4, 0.5) is 0 Å². The van der Waals surface area contributed by atoms with E-state index in [-0.39, 0.29) is 25.2 Å². The van der Waals surface area contributed by atoms with Gasteiger partial charge in [-0.05, 0) is 48.3 Å². The van der Waals surface area contributed by atoms with E-state index in [1.165, 1.54) is 11.8 Å². The van der Waals surface area contributed by atoms with Gasteiger partial charge in [-0.15, -0.1) is 0 Å². The molecular formula is C32H49N7O7S. The average molecular weight is 676 g/mol. The van der Waals surface area contributed by atoms with Crippen LogP contribution in [0.3, 0.4) is 0 Å². The number of benzene rings is 1. The fourth-order valence-electron chi connectivity index (χ4n) is 5.00. The summed E-state index contributed by atoms with van der Waals surface area (Å²) in [6.07, 6.45) is 4.09. The first-order valence-corrected chi connectivity index (χ1v) is 17.1. The topological polar surface area (TPSA) is 239 Å². The Morgan fingerprint density at radius 3 is 2.11 bits per heavy atom. The van der Waals surface area contributed by atoms with E-state index in [4.69, 9.17) is 11.5 Å². The van der Waals surface area contributed by atoms with Crippen LogP contribution in [-0.2, 0) is 35.2 Å². The van der Waals surface area contributed by atoms with Crippen LogP contribution in [-0.4, -0.2) is 87.8 Å². The van der Waals surface area contributed by atoms with Gasteiger partial charge in [0.2, 0.25) is 29.5 Å². The number of carboxylic acid groups (broad SMARTS) is 1. The molecular weight excluding hydrogens is 626 g/mol. The van der Waals surface area contributed by atoms with Gasteiger partial charge in [0, 0.05) is 23.5 Å². The van der Waals surface area contributed by atoms with Crippen molar-refractivity contribution in [3.8, 4) is 0 Å². The van der Waals surface area contributed by atoms with Crippen molar-refractivity contribution in [3.05, 3.63) is 36.0 Å². The number of nitrogens with two attached hydrogens (primary N) is 2. The van der Waals surface area contributed by atoms with Crippen LogP contribution in [0.25, 0.3) is 10.9 Å². The minimum atomic E-state index is -1.29. The Bertz CT molecular complexity index is 1400. The summed E-state index contributed by atoms with van der Waals surface area (Å²) in [5.41, 5.74) is 12.6. The minimum Gasteiger partial charge on any atom is -0.480 e. The zero-order valence-electron chi connectivity index (χ0n) is 27.6. The molecule has 0 fully saturated rings. The average Bonchev–Trinajstić information content (AvgIpc) is 3.42. The van der Waals surface area contributed by atoms with Crippen molar-refractivity contribution in [2.75, 3.05) is 12.0 Å². The van der Waals surface area contributed by atoms with Crippen molar-refractivity contribution >= 4 is 58.2 Å². The fourth-order valence-corrected chi connectivity index (χ4v) is 5.48. The lowest BCUT2D eigenvalue weighted by Crippen LogP contribution is -2.60. The first-order valence-electron chi connectivity index (χ1n) is 15.7. The summed E-state index contributed by atoms with van der Waals surface area (Å²) in [6, 6.07) is 1.65. The number of rotatable bonds is 20. The lowest BCUT2D eigenvalue weighted by molar-refractivity contribution is -0.143. The molecule has 15 heteroatoms. The zero-order valence-corrected chi connectivity index (χ0v) is 28.4. The highest BCUT2D eigenvalue weighted by Gasteiger charge is 2.34. The quantitative estimate of drug-likeness (QED) is 0.0988. The van der Waals surface area contributed by atoms with Crippen LogP contribution in [0.1, 0.15) is 58.9 Å². The second-order valence-corrected chi connectivity index (χ2v) is 13.1. The SMILES string of the molecule is CC[C@H](C)[C@H](NC(=O)[C@H](Cc1c[nH]c2ccccc12)NC(=O)[C@@H](N)CC(N)=O)C(=O)N[C@@H](CCSC)C(=O)N[C@@H](CC(C)C)C(=O)O. The van der Waals surface area contributed by atoms with E-state index in [1.807, 2.05) is 51.3 Å². The molecule has 0 radical (unpaired) electrons. The Morgan fingerprint density at radius 1 is 0.894 bits per heavy atom. The molecule has 14 nitrogen and oxygen atoms in total. The van der Waals surface area contributed by atoms with Gasteiger partial charge in [-0.2, -0.15) is 11.8 Å². The Kier molecular flexibility index (Phi) is 15.7. The number of carboxylic acids is 1. The highest BCUT2D eigenvalue weighted by molar-refractivity contribution is 7.98. The number of aromatic amines is 1.